The zero-order valence-corrected chi connectivity index (χ0v) is 15.7. The zero-order chi connectivity index (χ0) is 18.4. The maximum atomic E-state index is 12.6. The lowest BCUT2D eigenvalue weighted by Crippen LogP contribution is -2.37. The molecule has 0 spiro atoms. The van der Waals surface area contributed by atoms with Gasteiger partial charge in [0.15, 0.2) is 9.84 Å². The van der Waals surface area contributed by atoms with Crippen LogP contribution in [-0.4, -0.2) is 62.5 Å². The number of hydrogen-bond donors (Lipinski definition) is 0. The summed E-state index contributed by atoms with van der Waals surface area (Å²) in [7, 11) is -3.27. The van der Waals surface area contributed by atoms with Crippen LogP contribution in [0.25, 0.3) is 0 Å². The van der Waals surface area contributed by atoms with E-state index in [4.69, 9.17) is 0 Å². The second kappa shape index (κ2) is 8.47. The van der Waals surface area contributed by atoms with Crippen molar-refractivity contribution in [3.63, 3.8) is 0 Å². The maximum Gasteiger partial charge on any atom is 0.253 e. The highest BCUT2D eigenvalue weighted by atomic mass is 32.2. The van der Waals surface area contributed by atoms with Gasteiger partial charge in [-0.25, -0.2) is 8.42 Å². The lowest BCUT2D eigenvalue weighted by Gasteiger charge is -2.22. The van der Waals surface area contributed by atoms with E-state index in [-0.39, 0.29) is 16.7 Å². The van der Waals surface area contributed by atoms with Crippen molar-refractivity contribution in [1.82, 2.24) is 9.80 Å². The summed E-state index contributed by atoms with van der Waals surface area (Å²) in [6, 6.07) is 6.02. The molecule has 25 heavy (non-hydrogen) atoms. The van der Waals surface area contributed by atoms with Crippen molar-refractivity contribution >= 4 is 21.7 Å². The SMILES string of the molecule is CCCCC(=O)N1CCCN(C(=O)c2ccc(S(C)(=O)=O)cc2)CC1. The van der Waals surface area contributed by atoms with Gasteiger partial charge in [-0.15, -0.1) is 0 Å². The van der Waals surface area contributed by atoms with Gasteiger partial charge in [-0.1, -0.05) is 13.3 Å². The number of amides is 2. The molecule has 1 heterocycles. The third kappa shape index (κ3) is 5.29. The van der Waals surface area contributed by atoms with Gasteiger partial charge in [-0.05, 0) is 37.1 Å². The lowest BCUT2D eigenvalue weighted by molar-refractivity contribution is -0.131. The molecule has 0 atom stereocenters. The fourth-order valence-electron chi connectivity index (χ4n) is 2.88. The first kappa shape index (κ1) is 19.4. The molecule has 2 rings (SSSR count). The molecule has 1 aromatic carbocycles. The van der Waals surface area contributed by atoms with Gasteiger partial charge < -0.3 is 9.80 Å². The Hall–Kier alpha value is -1.89. The number of nitrogens with zero attached hydrogens (tertiary/aromatic N) is 2. The summed E-state index contributed by atoms with van der Waals surface area (Å²) in [5.74, 6) is 0.0385. The van der Waals surface area contributed by atoms with Gasteiger partial charge in [0.25, 0.3) is 5.91 Å². The number of benzene rings is 1. The third-order valence-electron chi connectivity index (χ3n) is 4.41. The van der Waals surface area contributed by atoms with Crippen molar-refractivity contribution in [3.05, 3.63) is 29.8 Å². The molecular formula is C18H26N2O4S. The topological polar surface area (TPSA) is 74.8 Å². The van der Waals surface area contributed by atoms with Crippen LogP contribution < -0.4 is 0 Å². The van der Waals surface area contributed by atoms with E-state index in [2.05, 4.69) is 6.92 Å². The Morgan fingerprint density at radius 1 is 1.00 bits per heavy atom. The van der Waals surface area contributed by atoms with Crippen LogP contribution in [0.1, 0.15) is 43.0 Å². The number of hydrogen-bond acceptors (Lipinski definition) is 4. The predicted octanol–water partition coefficient (Wildman–Crippen LogP) is 1.95. The molecule has 1 aliphatic rings. The summed E-state index contributed by atoms with van der Waals surface area (Å²) in [5.41, 5.74) is 0.471. The summed E-state index contributed by atoms with van der Waals surface area (Å²) in [6.07, 6.45) is 4.35. The largest absolute Gasteiger partial charge is 0.341 e. The molecule has 6 nitrogen and oxygen atoms in total. The number of unbranched alkanes of at least 4 members (excludes halogenated alkanes) is 1. The summed E-state index contributed by atoms with van der Waals surface area (Å²) in [6.45, 7) is 4.40. The highest BCUT2D eigenvalue weighted by Crippen LogP contribution is 2.14. The van der Waals surface area contributed by atoms with E-state index in [0.29, 0.717) is 38.2 Å². The maximum absolute atomic E-state index is 12.6. The molecule has 0 aromatic heterocycles. The monoisotopic (exact) mass is 366 g/mol. The molecular weight excluding hydrogens is 340 g/mol. The molecule has 138 valence electrons. The third-order valence-corrected chi connectivity index (χ3v) is 5.54. The van der Waals surface area contributed by atoms with Crippen molar-refractivity contribution in [2.75, 3.05) is 32.4 Å². The van der Waals surface area contributed by atoms with E-state index in [9.17, 15) is 18.0 Å². The van der Waals surface area contributed by atoms with Crippen molar-refractivity contribution in [1.29, 1.82) is 0 Å². The fraction of sp³-hybridized carbons (Fsp3) is 0.556. The van der Waals surface area contributed by atoms with Crippen molar-refractivity contribution in [2.45, 2.75) is 37.5 Å². The minimum atomic E-state index is -3.27. The van der Waals surface area contributed by atoms with Crippen LogP contribution >= 0.6 is 0 Å². The van der Waals surface area contributed by atoms with E-state index in [1.165, 1.54) is 12.1 Å². The van der Waals surface area contributed by atoms with Gasteiger partial charge in [-0.2, -0.15) is 0 Å². The quantitative estimate of drug-likeness (QED) is 0.798. The van der Waals surface area contributed by atoms with Gasteiger partial charge >= 0.3 is 0 Å². The molecule has 7 heteroatoms. The van der Waals surface area contributed by atoms with Crippen LogP contribution in [0.3, 0.4) is 0 Å². The lowest BCUT2D eigenvalue weighted by atomic mass is 10.2. The van der Waals surface area contributed by atoms with Crippen molar-refractivity contribution < 1.29 is 18.0 Å². The molecule has 0 bridgehead atoms. The second-order valence-electron chi connectivity index (χ2n) is 6.43. The van der Waals surface area contributed by atoms with Crippen LogP contribution in [0.15, 0.2) is 29.2 Å². The van der Waals surface area contributed by atoms with Crippen LogP contribution in [-0.2, 0) is 14.6 Å². The van der Waals surface area contributed by atoms with Crippen LogP contribution in [0.5, 0.6) is 0 Å². The average Bonchev–Trinajstić information content (AvgIpc) is 2.84. The molecule has 1 fully saturated rings. The van der Waals surface area contributed by atoms with Crippen LogP contribution in [0.4, 0.5) is 0 Å². The molecule has 1 saturated heterocycles. The van der Waals surface area contributed by atoms with E-state index in [0.717, 1.165) is 25.5 Å². The van der Waals surface area contributed by atoms with Gasteiger partial charge in [0.05, 0.1) is 4.90 Å². The first-order valence-corrected chi connectivity index (χ1v) is 10.6. The number of carbonyl (C=O) groups excluding carboxylic acids is 2. The van der Waals surface area contributed by atoms with Gasteiger partial charge in [-0.3, -0.25) is 9.59 Å². The fourth-order valence-corrected chi connectivity index (χ4v) is 3.51. The molecule has 1 aromatic rings. The molecule has 1 aliphatic heterocycles. The smallest absolute Gasteiger partial charge is 0.253 e. The first-order chi connectivity index (χ1) is 11.8. The van der Waals surface area contributed by atoms with Gasteiger partial charge in [0.2, 0.25) is 5.91 Å². The van der Waals surface area contributed by atoms with Crippen molar-refractivity contribution in [2.24, 2.45) is 0 Å². The summed E-state index contributed by atoms with van der Waals surface area (Å²) < 4.78 is 23.0. The standard InChI is InChI=1S/C18H26N2O4S/c1-3-4-6-17(21)19-11-5-12-20(14-13-19)18(22)15-7-9-16(10-8-15)25(2,23)24/h7-10H,3-6,11-14H2,1-2H3. The summed E-state index contributed by atoms with van der Waals surface area (Å²) in [4.78, 5) is 28.6. The van der Waals surface area contributed by atoms with E-state index in [1.807, 2.05) is 4.90 Å². The molecule has 0 aliphatic carbocycles. The summed E-state index contributed by atoms with van der Waals surface area (Å²) >= 11 is 0. The minimum absolute atomic E-state index is 0.122. The van der Waals surface area contributed by atoms with Crippen LogP contribution in [0, 0.1) is 0 Å². The zero-order valence-electron chi connectivity index (χ0n) is 14.9. The average molecular weight is 366 g/mol. The molecule has 2 amide bonds. The first-order valence-electron chi connectivity index (χ1n) is 8.70. The van der Waals surface area contributed by atoms with E-state index >= 15 is 0 Å². The molecule has 0 N–H and O–H groups in total. The second-order valence-corrected chi connectivity index (χ2v) is 8.44. The molecule has 0 unspecified atom stereocenters. The van der Waals surface area contributed by atoms with Crippen LogP contribution in [0.2, 0.25) is 0 Å². The Morgan fingerprint density at radius 3 is 2.20 bits per heavy atom. The Bertz CT molecular complexity index is 713. The highest BCUT2D eigenvalue weighted by Gasteiger charge is 2.22. The Kier molecular flexibility index (Phi) is 6.58. The summed E-state index contributed by atoms with van der Waals surface area (Å²) in [5, 5.41) is 0. The minimum Gasteiger partial charge on any atom is -0.341 e. The predicted molar refractivity (Wildman–Crippen MR) is 96.2 cm³/mol. The van der Waals surface area contributed by atoms with Gasteiger partial charge in [0.1, 0.15) is 0 Å². The Morgan fingerprint density at radius 2 is 1.60 bits per heavy atom. The number of rotatable bonds is 5. The van der Waals surface area contributed by atoms with E-state index < -0.39 is 9.84 Å². The Labute approximate surface area is 149 Å². The number of carbonyl (C=O) groups is 2. The molecule has 0 saturated carbocycles. The van der Waals surface area contributed by atoms with Crippen molar-refractivity contribution in [3.8, 4) is 0 Å². The van der Waals surface area contributed by atoms with E-state index in [1.54, 1.807) is 17.0 Å². The Balaban J connectivity index is 2.00. The number of sulfone groups is 1. The normalized spacial score (nSPS) is 15.8. The highest BCUT2D eigenvalue weighted by molar-refractivity contribution is 7.90. The van der Waals surface area contributed by atoms with Gasteiger partial charge in [0, 0.05) is 44.4 Å². The molecule has 0 radical (unpaired) electrons.